The van der Waals surface area contributed by atoms with Crippen molar-refractivity contribution in [2.45, 2.75) is 36.7 Å². The molecule has 0 heterocycles. The molecule has 0 amide bonds. The lowest BCUT2D eigenvalue weighted by atomic mass is 10.7. The number of rotatable bonds is 3. The van der Waals surface area contributed by atoms with Crippen LogP contribution < -0.4 is 0 Å². The predicted molar refractivity (Wildman–Crippen MR) is 38.3 cm³/mol. The van der Waals surface area contributed by atoms with Crippen molar-refractivity contribution in [2.75, 3.05) is 0 Å². The van der Waals surface area contributed by atoms with Gasteiger partial charge in [0.25, 0.3) is 0 Å². The van der Waals surface area contributed by atoms with E-state index in [9.17, 15) is 39.5 Å². The van der Waals surface area contributed by atoms with Crippen LogP contribution in [0, 0.1) is 0 Å². The van der Waals surface area contributed by atoms with Crippen molar-refractivity contribution >= 4 is 8.80 Å². The average molecular weight is 277 g/mol. The van der Waals surface area contributed by atoms with Gasteiger partial charge in [-0.25, -0.2) is 0 Å². The zero-order chi connectivity index (χ0) is 13.2. The molecule has 0 aromatic heterocycles. The zero-order valence-corrected chi connectivity index (χ0v) is 8.52. The molecule has 0 nitrogen and oxygen atoms in total. The van der Waals surface area contributed by atoms with E-state index in [0.29, 0.717) is 0 Å². The topological polar surface area (TPSA) is 0 Å². The summed E-state index contributed by atoms with van der Waals surface area (Å²) in [6.45, 7) is 0. The van der Waals surface area contributed by atoms with Crippen LogP contribution >= 0.6 is 0 Å². The van der Waals surface area contributed by atoms with Gasteiger partial charge in [0, 0.05) is 18.1 Å². The highest BCUT2D eigenvalue weighted by Crippen LogP contribution is 2.35. The van der Waals surface area contributed by atoms with E-state index in [0.717, 1.165) is 0 Å². The number of hydrogen-bond acceptors (Lipinski definition) is 0. The molecule has 16 heavy (non-hydrogen) atoms. The van der Waals surface area contributed by atoms with E-state index in [4.69, 9.17) is 0 Å². The van der Waals surface area contributed by atoms with Gasteiger partial charge in [-0.05, 0) is 0 Å². The van der Waals surface area contributed by atoms with Crippen molar-refractivity contribution in [3.63, 3.8) is 0 Å². The second kappa shape index (κ2) is 4.84. The lowest BCUT2D eigenvalue weighted by molar-refractivity contribution is -0.124. The maximum Gasteiger partial charge on any atom is 0.386 e. The van der Waals surface area contributed by atoms with Gasteiger partial charge in [0.15, 0.2) is 0 Å². The Bertz CT molecular complexity index is 173. The first-order chi connectivity index (χ1) is 6.79. The van der Waals surface area contributed by atoms with Gasteiger partial charge in [-0.15, -0.1) is 0 Å². The smallest absolute Gasteiger partial charge is 0.172 e. The second-order valence-electron chi connectivity index (χ2n) is 3.13. The minimum atomic E-state index is -5.00. The molecule has 10 heteroatoms. The van der Waals surface area contributed by atoms with Crippen molar-refractivity contribution in [3.8, 4) is 0 Å². The van der Waals surface area contributed by atoms with E-state index in [1.54, 1.807) is 0 Å². The van der Waals surface area contributed by atoms with Gasteiger partial charge in [-0.2, -0.15) is 39.5 Å². The fraction of sp³-hybridized carbons (Fsp3) is 1.00. The summed E-state index contributed by atoms with van der Waals surface area (Å²) in [5.74, 6) is 0. The molecule has 0 rings (SSSR count). The quantitative estimate of drug-likeness (QED) is 0.536. The summed E-state index contributed by atoms with van der Waals surface area (Å²) in [5.41, 5.74) is 0. The molecule has 0 aliphatic rings. The number of halogens is 9. The monoisotopic (exact) mass is 277 g/mol. The van der Waals surface area contributed by atoms with Gasteiger partial charge in [0.2, 0.25) is 0 Å². The Morgan fingerprint density at radius 2 is 0.688 bits per heavy atom. The van der Waals surface area contributed by atoms with Gasteiger partial charge in [-0.3, -0.25) is 0 Å². The maximum atomic E-state index is 11.7. The Labute approximate surface area is 86.0 Å². The first-order valence-corrected chi connectivity index (χ1v) is 5.94. The molecular weight excluding hydrogens is 271 g/mol. The molecule has 0 aliphatic heterocycles. The first-order valence-electron chi connectivity index (χ1n) is 3.82. The maximum absolute atomic E-state index is 11.7. The fourth-order valence-corrected chi connectivity index (χ4v) is 3.11. The van der Waals surface area contributed by atoms with Crippen molar-refractivity contribution < 1.29 is 39.5 Å². The molecule has 0 aliphatic carbocycles. The lowest BCUT2D eigenvalue weighted by Crippen LogP contribution is -2.32. The van der Waals surface area contributed by atoms with E-state index >= 15 is 0 Å². The Morgan fingerprint density at radius 1 is 0.500 bits per heavy atom. The van der Waals surface area contributed by atoms with E-state index < -0.39 is 45.5 Å². The Morgan fingerprint density at radius 3 is 0.812 bits per heavy atom. The van der Waals surface area contributed by atoms with Gasteiger partial charge < -0.3 is 0 Å². The molecule has 1 radical (unpaired) electrons. The van der Waals surface area contributed by atoms with Gasteiger partial charge in [-0.1, -0.05) is 0 Å². The van der Waals surface area contributed by atoms with Crippen LogP contribution in [0.5, 0.6) is 0 Å². The van der Waals surface area contributed by atoms with Crippen molar-refractivity contribution in [2.24, 2.45) is 0 Å². The van der Waals surface area contributed by atoms with Crippen molar-refractivity contribution in [1.29, 1.82) is 0 Å². The normalized spacial score (nSPS) is 14.6. The van der Waals surface area contributed by atoms with Crippen LogP contribution in [0.2, 0.25) is 18.1 Å². The summed E-state index contributed by atoms with van der Waals surface area (Å²) in [6, 6.07) is -5.97. The Hall–Kier alpha value is -0.413. The van der Waals surface area contributed by atoms with E-state index in [-0.39, 0.29) is 0 Å². The van der Waals surface area contributed by atoms with Crippen LogP contribution in [0.15, 0.2) is 0 Å². The summed E-state index contributed by atoms with van der Waals surface area (Å²) in [7, 11) is -3.59. The standard InChI is InChI=1S/C6H6F9Si/c7-4(8,9)1-16(2-5(10,11)12)3-6(13,14)15/h1-3H2. The minimum Gasteiger partial charge on any atom is -0.172 e. The third-order valence-corrected chi connectivity index (χ3v) is 4.05. The fourth-order valence-electron chi connectivity index (χ4n) is 1.04. The molecule has 0 aromatic carbocycles. The molecule has 97 valence electrons. The number of alkyl halides is 9. The predicted octanol–water partition coefficient (Wildman–Crippen LogP) is 4.17. The highest BCUT2D eigenvalue weighted by Gasteiger charge is 2.44. The van der Waals surface area contributed by atoms with Crippen LogP contribution in [0.25, 0.3) is 0 Å². The minimum absolute atomic E-state index is 1.99. The number of hydrogen-bond donors (Lipinski definition) is 0. The summed E-state index contributed by atoms with van der Waals surface area (Å²) in [5, 5.41) is 0. The largest absolute Gasteiger partial charge is 0.386 e. The molecule has 0 unspecified atom stereocenters. The van der Waals surface area contributed by atoms with Crippen LogP contribution in [0.1, 0.15) is 0 Å². The van der Waals surface area contributed by atoms with Crippen LogP contribution in [-0.2, 0) is 0 Å². The molecule has 0 atom stereocenters. The van der Waals surface area contributed by atoms with E-state index in [2.05, 4.69) is 0 Å². The third-order valence-electron chi connectivity index (χ3n) is 1.35. The molecular formula is C6H6F9Si. The molecule has 0 saturated heterocycles. The molecule has 0 bridgehead atoms. The van der Waals surface area contributed by atoms with Gasteiger partial charge in [0.1, 0.15) is 0 Å². The highest BCUT2D eigenvalue weighted by atomic mass is 28.3. The molecule has 0 fully saturated rings. The summed E-state index contributed by atoms with van der Waals surface area (Å²) >= 11 is 0. The second-order valence-corrected chi connectivity index (χ2v) is 5.69. The Kier molecular flexibility index (Phi) is 4.72. The third kappa shape index (κ3) is 10.1. The van der Waals surface area contributed by atoms with Crippen molar-refractivity contribution in [1.82, 2.24) is 0 Å². The van der Waals surface area contributed by atoms with Crippen molar-refractivity contribution in [3.05, 3.63) is 0 Å². The van der Waals surface area contributed by atoms with Crippen LogP contribution in [-0.4, -0.2) is 27.3 Å². The van der Waals surface area contributed by atoms with Crippen LogP contribution in [0.4, 0.5) is 39.5 Å². The summed E-state index contributed by atoms with van der Waals surface area (Å²) in [4.78, 5) is 0. The highest BCUT2D eigenvalue weighted by molar-refractivity contribution is 6.59. The van der Waals surface area contributed by atoms with Crippen LogP contribution in [0.3, 0.4) is 0 Å². The molecule has 0 aromatic rings. The first kappa shape index (κ1) is 15.6. The van der Waals surface area contributed by atoms with E-state index in [1.807, 2.05) is 0 Å². The summed E-state index contributed by atoms with van der Waals surface area (Å²) < 4.78 is 106. The molecule has 0 saturated carbocycles. The van der Waals surface area contributed by atoms with Gasteiger partial charge in [0.05, 0.1) is 8.80 Å². The molecule has 0 spiro atoms. The molecule has 0 N–H and O–H groups in total. The average Bonchev–Trinajstić information content (AvgIpc) is 1.70. The zero-order valence-electron chi connectivity index (χ0n) is 7.52. The lowest BCUT2D eigenvalue weighted by Gasteiger charge is -2.19. The SMILES string of the molecule is FC(F)(F)C[Si](CC(F)(F)F)CC(F)(F)F. The van der Waals surface area contributed by atoms with E-state index in [1.165, 1.54) is 0 Å². The summed E-state index contributed by atoms with van der Waals surface area (Å²) in [6.07, 6.45) is -15.0. The Balaban J connectivity index is 4.53. The van der Waals surface area contributed by atoms with Gasteiger partial charge >= 0.3 is 18.5 Å².